The van der Waals surface area contributed by atoms with Crippen molar-refractivity contribution in [1.29, 1.82) is 0 Å². The van der Waals surface area contributed by atoms with Gasteiger partial charge in [0.15, 0.2) is 0 Å². The first kappa shape index (κ1) is 28.4. The number of quaternary nitrogens is 1. The molecule has 0 aromatic heterocycles. The first-order valence-corrected chi connectivity index (χ1v) is 14.1. The summed E-state index contributed by atoms with van der Waals surface area (Å²) in [6.07, 6.45) is 9.02. The Morgan fingerprint density at radius 3 is 2.59 bits per heavy atom. The maximum absolute atomic E-state index is 13.0. The number of hydrogen-bond acceptors (Lipinski definition) is 4. The van der Waals surface area contributed by atoms with Crippen LogP contribution in [-0.4, -0.2) is 44.5 Å². The molecule has 0 bridgehead atoms. The number of benzene rings is 1. The summed E-state index contributed by atoms with van der Waals surface area (Å²) in [7, 11) is 1.72. The summed E-state index contributed by atoms with van der Waals surface area (Å²) in [4.78, 5) is 13.0. The molecule has 2 saturated heterocycles. The van der Waals surface area contributed by atoms with Crippen LogP contribution < -0.4 is 22.5 Å². The molecule has 6 heteroatoms. The molecule has 1 aromatic rings. The second kappa shape index (κ2) is 10.9. The average Bonchev–Trinajstić information content (AvgIpc) is 3.13. The number of halogens is 1. The van der Waals surface area contributed by atoms with Crippen molar-refractivity contribution >= 4 is 5.97 Å². The van der Waals surface area contributed by atoms with Crippen molar-refractivity contribution < 1.29 is 36.7 Å². The highest BCUT2D eigenvalue weighted by Crippen LogP contribution is 2.54. The minimum atomic E-state index is -0.138. The summed E-state index contributed by atoms with van der Waals surface area (Å²) < 4.78 is 17.5. The van der Waals surface area contributed by atoms with Crippen LogP contribution in [-0.2, 0) is 19.7 Å². The van der Waals surface area contributed by atoms with Gasteiger partial charge in [0, 0.05) is 24.4 Å². The van der Waals surface area contributed by atoms with Crippen LogP contribution in [0.4, 0.5) is 0 Å². The molecular weight excluding hydrogens is 486 g/mol. The molecule has 37 heavy (non-hydrogen) atoms. The Morgan fingerprint density at radius 1 is 1.14 bits per heavy atom. The highest BCUT2D eigenvalue weighted by atomic mass is 35.5. The van der Waals surface area contributed by atoms with Crippen molar-refractivity contribution in [2.45, 2.75) is 96.2 Å². The number of carbonyl (C=O) groups is 1. The van der Waals surface area contributed by atoms with E-state index in [1.54, 1.807) is 18.3 Å². The second-order valence-corrected chi connectivity index (χ2v) is 12.9. The molecule has 4 aliphatic rings. The number of methoxy groups -OCH3 is 1. The van der Waals surface area contributed by atoms with Gasteiger partial charge in [0.25, 0.3) is 0 Å². The first-order valence-electron chi connectivity index (χ1n) is 14.1. The Morgan fingerprint density at radius 2 is 1.89 bits per heavy atom. The van der Waals surface area contributed by atoms with Crippen LogP contribution in [0.15, 0.2) is 35.4 Å². The van der Waals surface area contributed by atoms with E-state index in [-0.39, 0.29) is 46.8 Å². The molecule has 206 valence electrons. The SMILES string of the molecule is COc1ccc(C2(CC[NH2+]CC3C(=O)O[C@@H]4C[C@@]5(C)CCCC(C)=C5C[C@H]34)CCOC(C)(C)C2)cc1.[Cl-]. The van der Waals surface area contributed by atoms with Gasteiger partial charge in [-0.1, -0.05) is 30.2 Å². The largest absolute Gasteiger partial charge is 1.00 e. The number of nitrogens with two attached hydrogens (primary N) is 1. The molecule has 1 saturated carbocycles. The molecule has 5 nitrogen and oxygen atoms in total. The quantitative estimate of drug-likeness (QED) is 0.332. The third-order valence-corrected chi connectivity index (χ3v) is 9.97. The van der Waals surface area contributed by atoms with Gasteiger partial charge in [0.1, 0.15) is 17.8 Å². The predicted molar refractivity (Wildman–Crippen MR) is 141 cm³/mol. The number of rotatable bonds is 7. The zero-order valence-electron chi connectivity index (χ0n) is 23.4. The van der Waals surface area contributed by atoms with Gasteiger partial charge >= 0.3 is 5.97 Å². The summed E-state index contributed by atoms with van der Waals surface area (Å²) in [5.41, 5.74) is 4.78. The molecule has 5 rings (SSSR count). The van der Waals surface area contributed by atoms with Gasteiger partial charge in [-0.25, -0.2) is 0 Å². The van der Waals surface area contributed by atoms with E-state index in [0.29, 0.717) is 5.92 Å². The van der Waals surface area contributed by atoms with E-state index in [9.17, 15) is 4.79 Å². The van der Waals surface area contributed by atoms with Crippen molar-refractivity contribution in [2.75, 3.05) is 26.8 Å². The smallest absolute Gasteiger partial charge is 0.315 e. The number of carbonyl (C=O) groups excluding carboxylic acids is 1. The minimum absolute atomic E-state index is 0. The summed E-state index contributed by atoms with van der Waals surface area (Å²) >= 11 is 0. The number of allylic oxidation sites excluding steroid dienone is 2. The number of fused-ring (bicyclic) bond motifs is 2. The molecule has 2 unspecified atom stereocenters. The number of esters is 1. The van der Waals surface area contributed by atoms with E-state index < -0.39 is 0 Å². The lowest BCUT2D eigenvalue weighted by atomic mass is 9.59. The van der Waals surface area contributed by atoms with Gasteiger partial charge in [-0.2, -0.15) is 0 Å². The van der Waals surface area contributed by atoms with Gasteiger partial charge in [0.05, 0.1) is 25.8 Å². The normalized spacial score (nSPS) is 34.7. The van der Waals surface area contributed by atoms with Gasteiger partial charge in [-0.15, -0.1) is 0 Å². The van der Waals surface area contributed by atoms with Crippen molar-refractivity contribution in [3.05, 3.63) is 41.0 Å². The maximum atomic E-state index is 13.0. The van der Waals surface area contributed by atoms with Crippen LogP contribution in [0.1, 0.15) is 84.6 Å². The summed E-state index contributed by atoms with van der Waals surface area (Å²) in [6, 6.07) is 8.63. The molecule has 0 amide bonds. The van der Waals surface area contributed by atoms with E-state index in [1.165, 1.54) is 24.8 Å². The highest BCUT2D eigenvalue weighted by molar-refractivity contribution is 5.75. The van der Waals surface area contributed by atoms with Gasteiger partial charge in [-0.3, -0.25) is 4.79 Å². The van der Waals surface area contributed by atoms with E-state index >= 15 is 0 Å². The Labute approximate surface area is 229 Å². The van der Waals surface area contributed by atoms with Gasteiger partial charge in [-0.05, 0) is 88.8 Å². The zero-order valence-corrected chi connectivity index (χ0v) is 24.2. The average molecular weight is 532 g/mol. The fourth-order valence-electron chi connectivity index (χ4n) is 8.08. The predicted octanol–water partition coefficient (Wildman–Crippen LogP) is 1.94. The van der Waals surface area contributed by atoms with Gasteiger partial charge < -0.3 is 31.9 Å². The topological polar surface area (TPSA) is 61.4 Å². The Balaban J connectivity index is 0.00000320. The lowest BCUT2D eigenvalue weighted by Crippen LogP contribution is -3.00. The third kappa shape index (κ3) is 5.60. The fourth-order valence-corrected chi connectivity index (χ4v) is 8.08. The molecule has 2 heterocycles. The van der Waals surface area contributed by atoms with E-state index in [4.69, 9.17) is 14.2 Å². The summed E-state index contributed by atoms with van der Waals surface area (Å²) in [5, 5.41) is 2.39. The molecular formula is C31H46ClNO4. The Bertz CT molecular complexity index is 1000. The molecule has 5 atom stereocenters. The maximum Gasteiger partial charge on any atom is 0.315 e. The Hall–Kier alpha value is -1.56. The standard InChI is InChI=1S/C31H45NO4.ClH/c1-21-7-6-12-30(4)18-27-24(17-26(21)30)25(28(33)36-27)19-32-15-13-31(14-16-35-29(2,3)20-31)22-8-10-23(34-5)11-9-22;/h8-11,24-25,27,32H,6-7,12-20H2,1-5H3;1H/t24-,25?,27-,30-,31?;/m1./s1. The number of hydrogen-bond donors (Lipinski definition) is 1. The minimum Gasteiger partial charge on any atom is -1.00 e. The van der Waals surface area contributed by atoms with Crippen molar-refractivity contribution in [3.63, 3.8) is 0 Å². The molecule has 2 N–H and O–H groups in total. The molecule has 2 aliphatic heterocycles. The molecule has 3 fully saturated rings. The van der Waals surface area contributed by atoms with Crippen molar-refractivity contribution in [2.24, 2.45) is 17.3 Å². The lowest BCUT2D eigenvalue weighted by molar-refractivity contribution is -0.660. The van der Waals surface area contributed by atoms with E-state index in [2.05, 4.69) is 57.3 Å². The number of ether oxygens (including phenoxy) is 3. The summed E-state index contributed by atoms with van der Waals surface area (Å²) in [5.74, 6) is 1.30. The molecule has 2 aliphatic carbocycles. The van der Waals surface area contributed by atoms with E-state index in [0.717, 1.165) is 57.6 Å². The van der Waals surface area contributed by atoms with E-state index in [1.807, 2.05) is 0 Å². The monoisotopic (exact) mass is 531 g/mol. The van der Waals surface area contributed by atoms with Crippen molar-refractivity contribution in [3.8, 4) is 5.75 Å². The van der Waals surface area contributed by atoms with Crippen LogP contribution >= 0.6 is 0 Å². The Kier molecular flexibility index (Phi) is 8.38. The second-order valence-electron chi connectivity index (χ2n) is 12.9. The van der Waals surface area contributed by atoms with Crippen LogP contribution in [0.25, 0.3) is 0 Å². The third-order valence-electron chi connectivity index (χ3n) is 9.97. The van der Waals surface area contributed by atoms with Crippen LogP contribution in [0.5, 0.6) is 5.75 Å². The first-order chi connectivity index (χ1) is 17.1. The molecule has 1 aromatic carbocycles. The van der Waals surface area contributed by atoms with Crippen molar-refractivity contribution in [1.82, 2.24) is 0 Å². The highest BCUT2D eigenvalue weighted by Gasteiger charge is 2.53. The van der Waals surface area contributed by atoms with Crippen LogP contribution in [0.2, 0.25) is 0 Å². The summed E-state index contributed by atoms with van der Waals surface area (Å²) in [6.45, 7) is 11.8. The van der Waals surface area contributed by atoms with Crippen LogP contribution in [0, 0.1) is 17.3 Å². The zero-order chi connectivity index (χ0) is 25.6. The fraction of sp³-hybridized carbons (Fsp3) is 0.710. The molecule has 0 radical (unpaired) electrons. The van der Waals surface area contributed by atoms with Crippen LogP contribution in [0.3, 0.4) is 0 Å². The van der Waals surface area contributed by atoms with Gasteiger partial charge in [0.2, 0.25) is 0 Å². The molecule has 0 spiro atoms. The lowest BCUT2D eigenvalue weighted by Gasteiger charge is -2.45.